The Morgan fingerprint density at radius 2 is 2.21 bits per heavy atom. The van der Waals surface area contributed by atoms with E-state index in [0.717, 1.165) is 36.7 Å². The lowest BCUT2D eigenvalue weighted by atomic mass is 9.94. The zero-order chi connectivity index (χ0) is 13.5. The molecule has 1 aromatic carbocycles. The smallest absolute Gasteiger partial charge is 0.196 e. The van der Waals surface area contributed by atoms with Gasteiger partial charge in [0.1, 0.15) is 5.75 Å². The van der Waals surface area contributed by atoms with Crippen molar-refractivity contribution in [2.45, 2.75) is 31.7 Å². The molecular weight excluding hydrogens is 238 g/mol. The summed E-state index contributed by atoms with van der Waals surface area (Å²) in [6, 6.07) is 8.05. The molecule has 1 aliphatic heterocycles. The van der Waals surface area contributed by atoms with Crippen molar-refractivity contribution in [3.63, 3.8) is 0 Å². The molecule has 2 unspecified atom stereocenters. The summed E-state index contributed by atoms with van der Waals surface area (Å²) in [6.45, 7) is 3.12. The minimum absolute atomic E-state index is 0.0676. The third-order valence-corrected chi connectivity index (χ3v) is 4.40. The van der Waals surface area contributed by atoms with Crippen LogP contribution < -0.4 is 15.4 Å². The Bertz CT molecular complexity index is 514. The number of guanidine groups is 1. The predicted octanol–water partition coefficient (Wildman–Crippen LogP) is 2.39. The molecule has 19 heavy (non-hydrogen) atoms. The van der Waals surface area contributed by atoms with E-state index in [1.54, 1.807) is 7.11 Å². The second kappa shape index (κ2) is 4.44. The van der Waals surface area contributed by atoms with Gasteiger partial charge in [-0.25, -0.2) is 0 Å². The van der Waals surface area contributed by atoms with Crippen LogP contribution in [0.4, 0.5) is 5.69 Å². The van der Waals surface area contributed by atoms with Crippen LogP contribution in [0.15, 0.2) is 29.3 Å². The van der Waals surface area contributed by atoms with Crippen molar-refractivity contribution in [1.29, 1.82) is 0 Å². The fourth-order valence-corrected chi connectivity index (χ4v) is 3.52. The summed E-state index contributed by atoms with van der Waals surface area (Å²) in [5, 5.41) is 0. The molecule has 1 saturated carbocycles. The second-order valence-corrected chi connectivity index (χ2v) is 5.75. The van der Waals surface area contributed by atoms with E-state index in [1.807, 2.05) is 18.2 Å². The third kappa shape index (κ3) is 1.86. The largest absolute Gasteiger partial charge is 0.495 e. The van der Waals surface area contributed by atoms with Gasteiger partial charge in [-0.05, 0) is 37.3 Å². The SMILES string of the molecule is COc1ccccc1N1C(N)=NCC12CCC(C)C2. The van der Waals surface area contributed by atoms with E-state index in [-0.39, 0.29) is 5.54 Å². The molecular formula is C15H21N3O. The van der Waals surface area contributed by atoms with Gasteiger partial charge in [0.15, 0.2) is 5.96 Å². The van der Waals surface area contributed by atoms with E-state index >= 15 is 0 Å². The molecule has 0 amide bonds. The van der Waals surface area contributed by atoms with Crippen molar-refractivity contribution in [3.05, 3.63) is 24.3 Å². The van der Waals surface area contributed by atoms with Crippen molar-refractivity contribution in [2.24, 2.45) is 16.6 Å². The first kappa shape index (κ1) is 12.3. The minimum Gasteiger partial charge on any atom is -0.495 e. The highest BCUT2D eigenvalue weighted by Crippen LogP contribution is 2.45. The number of methoxy groups -OCH3 is 1. The highest BCUT2D eigenvalue weighted by atomic mass is 16.5. The topological polar surface area (TPSA) is 50.9 Å². The van der Waals surface area contributed by atoms with Crippen molar-refractivity contribution in [2.75, 3.05) is 18.6 Å². The van der Waals surface area contributed by atoms with Gasteiger partial charge in [0.05, 0.1) is 24.9 Å². The molecule has 102 valence electrons. The molecule has 1 spiro atoms. The maximum atomic E-state index is 6.15. The number of ether oxygens (including phenoxy) is 1. The molecule has 1 aromatic rings. The van der Waals surface area contributed by atoms with E-state index in [1.165, 1.54) is 6.42 Å². The van der Waals surface area contributed by atoms with Crippen LogP contribution in [0, 0.1) is 5.92 Å². The summed E-state index contributed by atoms with van der Waals surface area (Å²) in [5.74, 6) is 2.22. The van der Waals surface area contributed by atoms with Gasteiger partial charge >= 0.3 is 0 Å². The number of nitrogens with zero attached hydrogens (tertiary/aromatic N) is 2. The number of nitrogens with two attached hydrogens (primary N) is 1. The maximum absolute atomic E-state index is 6.15. The summed E-state index contributed by atoms with van der Waals surface area (Å²) >= 11 is 0. The van der Waals surface area contributed by atoms with Gasteiger partial charge in [0, 0.05) is 0 Å². The lowest BCUT2D eigenvalue weighted by Crippen LogP contribution is -2.50. The average molecular weight is 259 g/mol. The zero-order valence-corrected chi connectivity index (χ0v) is 11.6. The van der Waals surface area contributed by atoms with Gasteiger partial charge in [-0.2, -0.15) is 0 Å². The molecule has 0 aromatic heterocycles. The maximum Gasteiger partial charge on any atom is 0.196 e. The normalized spacial score (nSPS) is 29.9. The van der Waals surface area contributed by atoms with E-state index in [2.05, 4.69) is 22.9 Å². The molecule has 4 heteroatoms. The molecule has 1 fully saturated rings. The number of para-hydroxylation sites is 2. The van der Waals surface area contributed by atoms with E-state index in [4.69, 9.17) is 10.5 Å². The van der Waals surface area contributed by atoms with Gasteiger partial charge in [-0.15, -0.1) is 0 Å². The van der Waals surface area contributed by atoms with E-state index < -0.39 is 0 Å². The first-order chi connectivity index (χ1) is 9.16. The van der Waals surface area contributed by atoms with Crippen molar-refractivity contribution >= 4 is 11.6 Å². The summed E-state index contributed by atoms with van der Waals surface area (Å²) < 4.78 is 5.48. The van der Waals surface area contributed by atoms with Crippen LogP contribution in [0.1, 0.15) is 26.2 Å². The Hall–Kier alpha value is -1.71. The fraction of sp³-hybridized carbons (Fsp3) is 0.533. The Morgan fingerprint density at radius 3 is 2.89 bits per heavy atom. The van der Waals surface area contributed by atoms with Crippen LogP contribution in [0.2, 0.25) is 0 Å². The monoisotopic (exact) mass is 259 g/mol. The van der Waals surface area contributed by atoms with Crippen molar-refractivity contribution in [1.82, 2.24) is 0 Å². The highest BCUT2D eigenvalue weighted by molar-refractivity contribution is 5.99. The number of anilines is 1. The Labute approximate surface area is 114 Å². The van der Waals surface area contributed by atoms with Gasteiger partial charge in [0.25, 0.3) is 0 Å². The third-order valence-electron chi connectivity index (χ3n) is 4.40. The molecule has 3 rings (SSSR count). The van der Waals surface area contributed by atoms with Crippen LogP contribution in [0.3, 0.4) is 0 Å². The fourth-order valence-electron chi connectivity index (χ4n) is 3.52. The number of aliphatic imine (C=N–C) groups is 1. The van der Waals surface area contributed by atoms with Crippen molar-refractivity contribution < 1.29 is 4.74 Å². The summed E-state index contributed by atoms with van der Waals surface area (Å²) in [4.78, 5) is 6.71. The standard InChI is InChI=1S/C15H21N3O/c1-11-7-8-15(9-11)10-17-14(16)18(15)12-5-3-4-6-13(12)19-2/h3-6,11H,7-10H2,1-2H3,(H2,16,17). The van der Waals surface area contributed by atoms with E-state index in [9.17, 15) is 0 Å². The summed E-state index contributed by atoms with van der Waals surface area (Å²) in [7, 11) is 1.70. The quantitative estimate of drug-likeness (QED) is 0.887. The molecule has 4 nitrogen and oxygen atoms in total. The molecule has 0 saturated heterocycles. The minimum atomic E-state index is 0.0676. The van der Waals surface area contributed by atoms with Gasteiger partial charge in [-0.1, -0.05) is 19.1 Å². The molecule has 2 aliphatic rings. The second-order valence-electron chi connectivity index (χ2n) is 5.75. The van der Waals surface area contributed by atoms with Crippen LogP contribution in [0.5, 0.6) is 5.75 Å². The summed E-state index contributed by atoms with van der Waals surface area (Å²) in [6.07, 6.45) is 3.54. The molecule has 0 bridgehead atoms. The number of hydrogen-bond donors (Lipinski definition) is 1. The van der Waals surface area contributed by atoms with Gasteiger partial charge < -0.3 is 15.4 Å². The highest BCUT2D eigenvalue weighted by Gasteiger charge is 2.47. The number of hydrogen-bond acceptors (Lipinski definition) is 4. The van der Waals surface area contributed by atoms with E-state index in [0.29, 0.717) is 5.96 Å². The molecule has 2 N–H and O–H groups in total. The van der Waals surface area contributed by atoms with Gasteiger partial charge in [-0.3, -0.25) is 4.99 Å². The Kier molecular flexibility index (Phi) is 2.88. The number of benzene rings is 1. The zero-order valence-electron chi connectivity index (χ0n) is 11.6. The molecule has 1 aliphatic carbocycles. The van der Waals surface area contributed by atoms with Gasteiger partial charge in [0.2, 0.25) is 0 Å². The van der Waals surface area contributed by atoms with Crippen LogP contribution >= 0.6 is 0 Å². The first-order valence-corrected chi connectivity index (χ1v) is 6.89. The summed E-state index contributed by atoms with van der Waals surface area (Å²) in [5.41, 5.74) is 7.26. The Balaban J connectivity index is 2.03. The van der Waals surface area contributed by atoms with Crippen LogP contribution in [0.25, 0.3) is 0 Å². The van der Waals surface area contributed by atoms with Crippen molar-refractivity contribution in [3.8, 4) is 5.75 Å². The number of rotatable bonds is 2. The Morgan fingerprint density at radius 1 is 1.42 bits per heavy atom. The molecule has 1 heterocycles. The lowest BCUT2D eigenvalue weighted by Gasteiger charge is -2.36. The van der Waals surface area contributed by atoms with Crippen LogP contribution in [-0.4, -0.2) is 25.2 Å². The molecule has 0 radical (unpaired) electrons. The first-order valence-electron chi connectivity index (χ1n) is 6.89. The van der Waals surface area contributed by atoms with Crippen LogP contribution in [-0.2, 0) is 0 Å². The lowest BCUT2D eigenvalue weighted by molar-refractivity contribution is 0.406. The average Bonchev–Trinajstić information content (AvgIpc) is 2.94. The predicted molar refractivity (Wildman–Crippen MR) is 77.7 cm³/mol. The molecule has 2 atom stereocenters.